The van der Waals surface area contributed by atoms with Gasteiger partial charge in [0.1, 0.15) is 0 Å². The van der Waals surface area contributed by atoms with Crippen molar-refractivity contribution in [2.75, 3.05) is 48.5 Å². The van der Waals surface area contributed by atoms with Crippen molar-refractivity contribution >= 4 is 32.2 Å². The summed E-state index contributed by atoms with van der Waals surface area (Å²) in [5.74, 6) is 0. The van der Waals surface area contributed by atoms with E-state index in [4.69, 9.17) is 0 Å². The first kappa shape index (κ1) is 19.5. The summed E-state index contributed by atoms with van der Waals surface area (Å²) >= 11 is 0. The minimum absolute atomic E-state index is 0.301. The fourth-order valence-corrected chi connectivity index (χ4v) is 6.38. The first-order valence-corrected chi connectivity index (χ1v) is 11.7. The molecule has 1 saturated heterocycles. The van der Waals surface area contributed by atoms with E-state index in [-0.39, 0.29) is 0 Å². The van der Waals surface area contributed by atoms with Crippen molar-refractivity contribution in [2.24, 2.45) is 5.41 Å². The Hall–Kier alpha value is -1.79. The third-order valence-corrected chi connectivity index (χ3v) is 7.64. The van der Waals surface area contributed by atoms with Crippen LogP contribution >= 0.6 is 0 Å². The number of rotatable bonds is 3. The monoisotopic (exact) mass is 401 g/mol. The van der Waals surface area contributed by atoms with Gasteiger partial charge in [-0.15, -0.1) is 0 Å². The van der Waals surface area contributed by atoms with E-state index in [1.807, 2.05) is 19.1 Å². The molecule has 0 spiro atoms. The number of sulfonamides is 1. The smallest absolute Gasteiger partial charge is 0.265 e. The Bertz CT molecular complexity index is 995. The molecular weight excluding hydrogens is 370 g/mol. The second-order valence-electron chi connectivity index (χ2n) is 9.13. The van der Waals surface area contributed by atoms with Gasteiger partial charge in [-0.1, -0.05) is 32.9 Å². The zero-order chi connectivity index (χ0) is 20.1. The zero-order valence-electron chi connectivity index (χ0n) is 17.4. The van der Waals surface area contributed by atoms with Crippen LogP contribution in [0.1, 0.15) is 34.1 Å². The highest BCUT2D eigenvalue weighted by Crippen LogP contribution is 2.45. The summed E-state index contributed by atoms with van der Waals surface area (Å²) in [5.41, 5.74) is 2.28. The Kier molecular flexibility index (Phi) is 4.82. The molecule has 0 amide bonds. The van der Waals surface area contributed by atoms with Gasteiger partial charge in [-0.05, 0) is 43.5 Å². The minimum Gasteiger partial charge on any atom is -0.370 e. The van der Waals surface area contributed by atoms with E-state index in [9.17, 15) is 8.42 Å². The van der Waals surface area contributed by atoms with Crippen LogP contribution in [0.3, 0.4) is 0 Å². The third kappa shape index (κ3) is 3.26. The van der Waals surface area contributed by atoms with Crippen LogP contribution in [0.5, 0.6) is 0 Å². The van der Waals surface area contributed by atoms with E-state index >= 15 is 0 Å². The molecule has 4 rings (SSSR count). The van der Waals surface area contributed by atoms with Gasteiger partial charge in [0, 0.05) is 49.2 Å². The predicted octanol–water partition coefficient (Wildman–Crippen LogP) is 3.93. The molecule has 2 aliphatic rings. The predicted molar refractivity (Wildman–Crippen MR) is 117 cm³/mol. The molecule has 0 aromatic heterocycles. The number of hydrogen-bond donors (Lipinski definition) is 0. The molecule has 1 fully saturated rings. The lowest BCUT2D eigenvalue weighted by Gasteiger charge is -2.29. The van der Waals surface area contributed by atoms with Crippen LogP contribution in [0.4, 0.5) is 11.4 Å². The molecule has 6 heteroatoms. The van der Waals surface area contributed by atoms with Gasteiger partial charge in [0.2, 0.25) is 0 Å². The molecule has 5 nitrogen and oxygen atoms in total. The van der Waals surface area contributed by atoms with Gasteiger partial charge in [-0.3, -0.25) is 4.31 Å². The fourth-order valence-electron chi connectivity index (χ4n) is 4.67. The van der Waals surface area contributed by atoms with Crippen molar-refractivity contribution in [3.8, 4) is 0 Å². The second kappa shape index (κ2) is 6.92. The lowest BCUT2D eigenvalue weighted by Crippen LogP contribution is -2.36. The summed E-state index contributed by atoms with van der Waals surface area (Å²) < 4.78 is 27.4. The lowest BCUT2D eigenvalue weighted by molar-refractivity contribution is 0.202. The summed E-state index contributed by atoms with van der Waals surface area (Å²) in [6.07, 6.45) is 1.12. The molecule has 2 aromatic rings. The standard InChI is InChI=1S/C22H31N3O2S/c1-5-25-19-11-10-18(17-8-6-9-20(21(17)19)28(25,26)27)24-13-7-12-23(14-15-24)16-22(2,3)4/h6,8-11H,5,7,12-16H2,1-4H3. The van der Waals surface area contributed by atoms with Crippen LogP contribution in [0, 0.1) is 5.41 Å². The van der Waals surface area contributed by atoms with Gasteiger partial charge in [0.25, 0.3) is 10.0 Å². The molecule has 152 valence electrons. The Morgan fingerprint density at radius 2 is 1.71 bits per heavy atom. The maximum absolute atomic E-state index is 12.9. The largest absolute Gasteiger partial charge is 0.370 e. The molecule has 0 N–H and O–H groups in total. The molecule has 0 saturated carbocycles. The second-order valence-corrected chi connectivity index (χ2v) is 11.0. The van der Waals surface area contributed by atoms with Crippen LogP contribution in [0.2, 0.25) is 0 Å². The Labute approximate surface area is 169 Å². The molecule has 2 aromatic carbocycles. The summed E-state index contributed by atoms with van der Waals surface area (Å²) in [6.45, 7) is 14.5. The summed E-state index contributed by atoms with van der Waals surface area (Å²) in [5, 5.41) is 1.94. The first-order valence-electron chi connectivity index (χ1n) is 10.3. The van der Waals surface area contributed by atoms with Crippen LogP contribution in [-0.4, -0.2) is 52.6 Å². The maximum atomic E-state index is 12.9. The van der Waals surface area contributed by atoms with E-state index in [0.29, 0.717) is 16.9 Å². The Morgan fingerprint density at radius 1 is 0.964 bits per heavy atom. The highest BCUT2D eigenvalue weighted by atomic mass is 32.2. The van der Waals surface area contributed by atoms with Crippen molar-refractivity contribution in [1.29, 1.82) is 0 Å². The van der Waals surface area contributed by atoms with E-state index in [1.54, 1.807) is 6.07 Å². The van der Waals surface area contributed by atoms with Crippen LogP contribution in [-0.2, 0) is 10.0 Å². The highest BCUT2D eigenvalue weighted by molar-refractivity contribution is 7.93. The van der Waals surface area contributed by atoms with Crippen molar-refractivity contribution < 1.29 is 8.42 Å². The van der Waals surface area contributed by atoms with Crippen molar-refractivity contribution in [3.05, 3.63) is 30.3 Å². The topological polar surface area (TPSA) is 43.9 Å². The van der Waals surface area contributed by atoms with E-state index < -0.39 is 10.0 Å². The van der Waals surface area contributed by atoms with Gasteiger partial charge < -0.3 is 9.80 Å². The average molecular weight is 402 g/mol. The van der Waals surface area contributed by atoms with Gasteiger partial charge in [-0.25, -0.2) is 8.42 Å². The molecule has 0 atom stereocenters. The van der Waals surface area contributed by atoms with E-state index in [2.05, 4.69) is 42.7 Å². The molecule has 0 aliphatic carbocycles. The number of anilines is 2. The van der Waals surface area contributed by atoms with Crippen molar-refractivity contribution in [2.45, 2.75) is 39.0 Å². The van der Waals surface area contributed by atoms with E-state index in [1.165, 1.54) is 4.31 Å². The Balaban J connectivity index is 1.70. The fraction of sp³-hybridized carbons (Fsp3) is 0.545. The quantitative estimate of drug-likeness (QED) is 0.782. The SMILES string of the molecule is CCN1c2ccc(N3CCCN(CC(C)(C)C)CC3)c3cccc(c23)S1(=O)=O. The summed E-state index contributed by atoms with van der Waals surface area (Å²) in [4.78, 5) is 5.45. The molecule has 2 heterocycles. The highest BCUT2D eigenvalue weighted by Gasteiger charge is 2.35. The van der Waals surface area contributed by atoms with Gasteiger partial charge in [-0.2, -0.15) is 0 Å². The van der Waals surface area contributed by atoms with Gasteiger partial charge >= 0.3 is 0 Å². The molecule has 2 aliphatic heterocycles. The van der Waals surface area contributed by atoms with Crippen molar-refractivity contribution in [3.63, 3.8) is 0 Å². The van der Waals surface area contributed by atoms with Crippen LogP contribution in [0.25, 0.3) is 10.8 Å². The van der Waals surface area contributed by atoms with E-state index in [0.717, 1.165) is 61.3 Å². The molecular formula is C22H31N3O2S. The molecule has 0 radical (unpaired) electrons. The molecule has 0 bridgehead atoms. The van der Waals surface area contributed by atoms with Crippen LogP contribution < -0.4 is 9.21 Å². The summed E-state index contributed by atoms with van der Waals surface area (Å²) in [6, 6.07) is 9.81. The third-order valence-electron chi connectivity index (χ3n) is 5.71. The van der Waals surface area contributed by atoms with Gasteiger partial charge in [0.15, 0.2) is 0 Å². The number of benzene rings is 2. The van der Waals surface area contributed by atoms with Gasteiger partial charge in [0.05, 0.1) is 10.6 Å². The van der Waals surface area contributed by atoms with Crippen LogP contribution in [0.15, 0.2) is 35.2 Å². The molecule has 0 unspecified atom stereocenters. The van der Waals surface area contributed by atoms with Crippen molar-refractivity contribution in [1.82, 2.24) is 4.90 Å². The number of nitrogens with zero attached hydrogens (tertiary/aromatic N) is 3. The maximum Gasteiger partial charge on any atom is 0.265 e. The lowest BCUT2D eigenvalue weighted by atomic mass is 9.96. The first-order chi connectivity index (χ1) is 13.2. The zero-order valence-corrected chi connectivity index (χ0v) is 18.2. The summed E-state index contributed by atoms with van der Waals surface area (Å²) in [7, 11) is -3.43. The number of hydrogen-bond acceptors (Lipinski definition) is 4. The molecule has 28 heavy (non-hydrogen) atoms. The minimum atomic E-state index is -3.43. The normalized spacial score (nSPS) is 20.0. The average Bonchev–Trinajstić information content (AvgIpc) is 2.76. The Morgan fingerprint density at radius 3 is 2.43 bits per heavy atom.